The van der Waals surface area contributed by atoms with Gasteiger partial charge in [0.25, 0.3) is 0 Å². The summed E-state index contributed by atoms with van der Waals surface area (Å²) < 4.78 is 0. The summed E-state index contributed by atoms with van der Waals surface area (Å²) in [6, 6.07) is 0. The summed E-state index contributed by atoms with van der Waals surface area (Å²) in [7, 11) is 0. The molecule has 3 nitrogen and oxygen atoms in total. The molecule has 1 fully saturated rings. The summed E-state index contributed by atoms with van der Waals surface area (Å²) in [5.41, 5.74) is -0.453. The van der Waals surface area contributed by atoms with Crippen molar-refractivity contribution in [1.82, 2.24) is 10.3 Å². The van der Waals surface area contributed by atoms with Crippen LogP contribution in [0.15, 0.2) is 6.20 Å². The average molecular weight is 268 g/mol. The van der Waals surface area contributed by atoms with Crippen molar-refractivity contribution in [1.29, 1.82) is 0 Å². The number of aromatic nitrogens is 1. The summed E-state index contributed by atoms with van der Waals surface area (Å²) in [4.78, 5) is 5.71. The Morgan fingerprint density at radius 3 is 2.83 bits per heavy atom. The van der Waals surface area contributed by atoms with Gasteiger partial charge in [0.2, 0.25) is 0 Å². The first-order valence-electron chi connectivity index (χ1n) is 6.94. The first-order valence-corrected chi connectivity index (χ1v) is 7.76. The Labute approximate surface area is 114 Å². The molecule has 0 bridgehead atoms. The monoisotopic (exact) mass is 268 g/mol. The van der Waals surface area contributed by atoms with E-state index in [1.54, 1.807) is 11.3 Å². The molecule has 1 aromatic heterocycles. The number of nitrogens with one attached hydrogen (secondary N) is 1. The maximum Gasteiger partial charge on any atom is 0.0930 e. The van der Waals surface area contributed by atoms with Gasteiger partial charge in [-0.25, -0.2) is 4.98 Å². The minimum atomic E-state index is -0.453. The van der Waals surface area contributed by atoms with E-state index in [0.29, 0.717) is 12.5 Å². The van der Waals surface area contributed by atoms with E-state index in [2.05, 4.69) is 24.1 Å². The lowest BCUT2D eigenvalue weighted by molar-refractivity contribution is 0.0475. The highest BCUT2D eigenvalue weighted by molar-refractivity contribution is 7.11. The van der Waals surface area contributed by atoms with Crippen molar-refractivity contribution >= 4 is 11.3 Å². The van der Waals surface area contributed by atoms with Gasteiger partial charge in [0.1, 0.15) is 0 Å². The van der Waals surface area contributed by atoms with Crippen LogP contribution in [-0.4, -0.2) is 22.2 Å². The minimum Gasteiger partial charge on any atom is -0.389 e. The summed E-state index contributed by atoms with van der Waals surface area (Å²) in [5.74, 6) is 0.663. The van der Waals surface area contributed by atoms with Crippen LogP contribution in [-0.2, 0) is 13.0 Å². The Morgan fingerprint density at radius 1 is 1.44 bits per heavy atom. The standard InChI is InChI=1S/C14H24N2OS/c1-11(2)7-13-16-9-12(18-13)8-15-10-14(17)5-3-4-6-14/h9,11,15,17H,3-8,10H2,1-2H3. The fraction of sp³-hybridized carbons (Fsp3) is 0.786. The first kappa shape index (κ1) is 14.0. The highest BCUT2D eigenvalue weighted by Crippen LogP contribution is 2.28. The molecular formula is C14H24N2OS. The minimum absolute atomic E-state index is 0.453. The Balaban J connectivity index is 1.74. The maximum absolute atomic E-state index is 10.2. The Morgan fingerprint density at radius 2 is 2.17 bits per heavy atom. The Hall–Kier alpha value is -0.450. The van der Waals surface area contributed by atoms with E-state index in [1.165, 1.54) is 9.88 Å². The Kier molecular flexibility index (Phi) is 4.76. The fourth-order valence-corrected chi connectivity index (χ4v) is 3.61. The van der Waals surface area contributed by atoms with Gasteiger partial charge >= 0.3 is 0 Å². The second kappa shape index (κ2) is 6.13. The van der Waals surface area contributed by atoms with Gasteiger partial charge < -0.3 is 10.4 Å². The number of hydrogen-bond donors (Lipinski definition) is 2. The molecule has 0 saturated heterocycles. The van der Waals surface area contributed by atoms with Crippen LogP contribution >= 0.6 is 11.3 Å². The topological polar surface area (TPSA) is 45.2 Å². The smallest absolute Gasteiger partial charge is 0.0930 e. The Bertz CT molecular complexity index is 370. The van der Waals surface area contributed by atoms with E-state index < -0.39 is 5.60 Å². The second-order valence-electron chi connectivity index (χ2n) is 5.85. The quantitative estimate of drug-likeness (QED) is 0.834. The molecule has 0 amide bonds. The molecule has 0 unspecified atom stereocenters. The molecule has 2 rings (SSSR count). The molecule has 0 aromatic carbocycles. The van der Waals surface area contributed by atoms with E-state index in [1.807, 2.05) is 6.20 Å². The summed E-state index contributed by atoms with van der Waals surface area (Å²) in [6.07, 6.45) is 7.25. The maximum atomic E-state index is 10.2. The van der Waals surface area contributed by atoms with E-state index in [-0.39, 0.29) is 0 Å². The highest BCUT2D eigenvalue weighted by atomic mass is 32.1. The predicted molar refractivity (Wildman–Crippen MR) is 75.8 cm³/mol. The molecule has 0 aliphatic heterocycles. The zero-order valence-corrected chi connectivity index (χ0v) is 12.2. The van der Waals surface area contributed by atoms with Crippen LogP contribution in [0.4, 0.5) is 0 Å². The third kappa shape index (κ3) is 4.04. The normalized spacial score (nSPS) is 18.7. The van der Waals surface area contributed by atoms with Crippen LogP contribution in [0.1, 0.15) is 49.4 Å². The third-order valence-electron chi connectivity index (χ3n) is 3.47. The number of aliphatic hydroxyl groups is 1. The SMILES string of the molecule is CC(C)Cc1ncc(CNCC2(O)CCCC2)s1. The lowest BCUT2D eigenvalue weighted by Crippen LogP contribution is -2.37. The van der Waals surface area contributed by atoms with E-state index in [4.69, 9.17) is 0 Å². The van der Waals surface area contributed by atoms with E-state index >= 15 is 0 Å². The number of hydrogen-bond acceptors (Lipinski definition) is 4. The van der Waals surface area contributed by atoms with Crippen LogP contribution in [0.25, 0.3) is 0 Å². The molecular weight excluding hydrogens is 244 g/mol. The van der Waals surface area contributed by atoms with Crippen molar-refractivity contribution in [2.45, 2.75) is 58.1 Å². The third-order valence-corrected chi connectivity index (χ3v) is 4.49. The van der Waals surface area contributed by atoms with Crippen LogP contribution < -0.4 is 5.32 Å². The largest absolute Gasteiger partial charge is 0.389 e. The van der Waals surface area contributed by atoms with Crippen molar-refractivity contribution in [3.05, 3.63) is 16.1 Å². The molecule has 4 heteroatoms. The number of rotatable bonds is 6. The first-order chi connectivity index (χ1) is 8.57. The van der Waals surface area contributed by atoms with E-state index in [9.17, 15) is 5.11 Å². The van der Waals surface area contributed by atoms with Gasteiger partial charge in [-0.2, -0.15) is 0 Å². The van der Waals surface area contributed by atoms with Crippen molar-refractivity contribution in [2.24, 2.45) is 5.92 Å². The lowest BCUT2D eigenvalue weighted by atomic mass is 10.0. The van der Waals surface area contributed by atoms with Gasteiger partial charge in [0.15, 0.2) is 0 Å². The molecule has 1 aliphatic rings. The predicted octanol–water partition coefficient (Wildman–Crippen LogP) is 2.74. The molecule has 1 aliphatic carbocycles. The van der Waals surface area contributed by atoms with E-state index in [0.717, 1.165) is 38.6 Å². The molecule has 0 spiro atoms. The summed E-state index contributed by atoms with van der Waals surface area (Å²) in [5, 5.41) is 14.8. The van der Waals surface area contributed by atoms with Gasteiger partial charge in [-0.05, 0) is 18.8 Å². The van der Waals surface area contributed by atoms with Crippen molar-refractivity contribution in [2.75, 3.05) is 6.54 Å². The summed E-state index contributed by atoms with van der Waals surface area (Å²) in [6.45, 7) is 5.98. The zero-order chi connectivity index (χ0) is 13.0. The van der Waals surface area contributed by atoms with Gasteiger partial charge in [0, 0.05) is 30.6 Å². The van der Waals surface area contributed by atoms with Crippen molar-refractivity contribution in [3.63, 3.8) is 0 Å². The average Bonchev–Trinajstić information content (AvgIpc) is 2.88. The van der Waals surface area contributed by atoms with Gasteiger partial charge in [-0.1, -0.05) is 26.7 Å². The molecule has 1 aromatic rings. The van der Waals surface area contributed by atoms with Crippen molar-refractivity contribution < 1.29 is 5.11 Å². The molecule has 2 N–H and O–H groups in total. The van der Waals surface area contributed by atoms with Gasteiger partial charge in [-0.15, -0.1) is 11.3 Å². The van der Waals surface area contributed by atoms with Gasteiger partial charge in [0.05, 0.1) is 10.6 Å². The number of thiazole rings is 1. The van der Waals surface area contributed by atoms with Crippen LogP contribution in [0.5, 0.6) is 0 Å². The summed E-state index contributed by atoms with van der Waals surface area (Å²) >= 11 is 1.79. The second-order valence-corrected chi connectivity index (χ2v) is 7.05. The number of nitrogens with zero attached hydrogens (tertiary/aromatic N) is 1. The van der Waals surface area contributed by atoms with Crippen LogP contribution in [0.3, 0.4) is 0 Å². The molecule has 0 atom stereocenters. The van der Waals surface area contributed by atoms with Gasteiger partial charge in [-0.3, -0.25) is 0 Å². The zero-order valence-electron chi connectivity index (χ0n) is 11.4. The molecule has 1 heterocycles. The van der Waals surface area contributed by atoms with Crippen LogP contribution in [0, 0.1) is 5.92 Å². The van der Waals surface area contributed by atoms with Crippen LogP contribution in [0.2, 0.25) is 0 Å². The highest BCUT2D eigenvalue weighted by Gasteiger charge is 2.30. The molecule has 102 valence electrons. The molecule has 0 radical (unpaired) electrons. The molecule has 18 heavy (non-hydrogen) atoms. The lowest BCUT2D eigenvalue weighted by Gasteiger charge is -2.22. The fourth-order valence-electron chi connectivity index (χ4n) is 2.50. The van der Waals surface area contributed by atoms with Crippen molar-refractivity contribution in [3.8, 4) is 0 Å². The molecule has 1 saturated carbocycles.